The molecule has 0 amide bonds. The minimum atomic E-state index is 0.511. The summed E-state index contributed by atoms with van der Waals surface area (Å²) in [6, 6.07) is 0. The summed E-state index contributed by atoms with van der Waals surface area (Å²) in [5.41, 5.74) is 10.1. The normalized spacial score (nSPS) is 13.5. The van der Waals surface area contributed by atoms with Gasteiger partial charge in [-0.05, 0) is 25.0 Å². The van der Waals surface area contributed by atoms with Gasteiger partial charge < -0.3 is 11.2 Å². The molecule has 0 saturated carbocycles. The van der Waals surface area contributed by atoms with E-state index in [-0.39, 0.29) is 0 Å². The van der Waals surface area contributed by atoms with Crippen molar-refractivity contribution in [1.29, 1.82) is 0 Å². The van der Waals surface area contributed by atoms with E-state index in [1.54, 1.807) is 0 Å². The number of nitrogens with two attached hydrogens (primary N) is 2. The van der Waals surface area contributed by atoms with Crippen molar-refractivity contribution < 1.29 is 0 Å². The van der Waals surface area contributed by atoms with Crippen LogP contribution in [0, 0.1) is 0 Å². The Hall–Kier alpha value is -0.800. The van der Waals surface area contributed by atoms with Crippen LogP contribution in [-0.2, 0) is 0 Å². The number of rotatable bonds is 4. The first-order valence-electron chi connectivity index (χ1n) is 3.82. The second kappa shape index (κ2) is 5.95. The first-order chi connectivity index (χ1) is 5.29. The Kier molecular flexibility index (Phi) is 5.51. The van der Waals surface area contributed by atoms with Gasteiger partial charge in [0.15, 0.2) is 0 Å². The lowest BCUT2D eigenvalue weighted by molar-refractivity contribution is 0.863. The van der Waals surface area contributed by atoms with Gasteiger partial charge in [-0.15, -0.1) is 0 Å². The summed E-state index contributed by atoms with van der Waals surface area (Å²) < 4.78 is 0. The van der Waals surface area contributed by atoms with Crippen LogP contribution < -0.4 is 17.0 Å². The van der Waals surface area contributed by atoms with E-state index in [1.165, 1.54) is 5.57 Å². The van der Waals surface area contributed by atoms with Crippen molar-refractivity contribution in [1.82, 2.24) is 5.43 Å². The Morgan fingerprint density at radius 3 is 2.45 bits per heavy atom. The van der Waals surface area contributed by atoms with Gasteiger partial charge in [0.2, 0.25) is 0 Å². The molecule has 0 spiro atoms. The van der Waals surface area contributed by atoms with Crippen molar-refractivity contribution in [2.45, 2.75) is 20.3 Å². The van der Waals surface area contributed by atoms with Gasteiger partial charge in [-0.25, -0.2) is 0 Å². The summed E-state index contributed by atoms with van der Waals surface area (Å²) in [7, 11) is 0. The summed E-state index contributed by atoms with van der Waals surface area (Å²) >= 11 is 0. The topological polar surface area (TPSA) is 64.1 Å². The molecule has 11 heavy (non-hydrogen) atoms. The molecular weight excluding hydrogens is 138 g/mol. The molecule has 0 aliphatic rings. The average molecular weight is 155 g/mol. The Morgan fingerprint density at radius 2 is 2.18 bits per heavy atom. The van der Waals surface area contributed by atoms with Crippen molar-refractivity contribution in [2.24, 2.45) is 11.6 Å². The Morgan fingerprint density at radius 1 is 1.55 bits per heavy atom. The van der Waals surface area contributed by atoms with Crippen LogP contribution in [-0.4, -0.2) is 6.54 Å². The molecule has 0 fully saturated rings. The average Bonchev–Trinajstić information content (AvgIpc) is 2.05. The second-order valence-corrected chi connectivity index (χ2v) is 2.17. The molecule has 3 heteroatoms. The molecule has 0 aliphatic heterocycles. The highest BCUT2D eigenvalue weighted by molar-refractivity contribution is 5.28. The quantitative estimate of drug-likeness (QED) is 0.317. The number of nitrogens with one attached hydrogen (secondary N) is 1. The lowest BCUT2D eigenvalue weighted by Crippen LogP contribution is -2.23. The van der Waals surface area contributed by atoms with Crippen LogP contribution >= 0.6 is 0 Å². The zero-order valence-electron chi connectivity index (χ0n) is 7.22. The SMILES string of the molecule is C/C=C(CC)/C(=C/CN)NN. The molecule has 0 aromatic heterocycles. The van der Waals surface area contributed by atoms with Gasteiger partial charge in [-0.2, -0.15) is 0 Å². The Balaban J connectivity index is 4.35. The minimum Gasteiger partial charge on any atom is -0.327 e. The second-order valence-electron chi connectivity index (χ2n) is 2.17. The zero-order valence-corrected chi connectivity index (χ0v) is 7.22. The molecule has 0 atom stereocenters. The van der Waals surface area contributed by atoms with Crippen LogP contribution in [0.15, 0.2) is 23.4 Å². The fourth-order valence-electron chi connectivity index (χ4n) is 0.951. The molecule has 0 radical (unpaired) electrons. The van der Waals surface area contributed by atoms with E-state index in [2.05, 4.69) is 12.3 Å². The molecule has 0 bridgehead atoms. The van der Waals surface area contributed by atoms with Crippen LogP contribution in [0.1, 0.15) is 20.3 Å². The summed E-state index contributed by atoms with van der Waals surface area (Å²) in [5, 5.41) is 0. The molecule has 0 unspecified atom stereocenters. The van der Waals surface area contributed by atoms with Gasteiger partial charge in [0.25, 0.3) is 0 Å². The summed E-state index contributed by atoms with van der Waals surface area (Å²) in [5.74, 6) is 5.30. The first-order valence-corrected chi connectivity index (χ1v) is 3.82. The van der Waals surface area contributed by atoms with Crippen LogP contribution in [0.5, 0.6) is 0 Å². The summed E-state index contributed by atoms with van der Waals surface area (Å²) in [6.07, 6.45) is 4.87. The summed E-state index contributed by atoms with van der Waals surface area (Å²) in [4.78, 5) is 0. The minimum absolute atomic E-state index is 0.511. The predicted octanol–water partition coefficient (Wildman–Crippen LogP) is 0.649. The van der Waals surface area contributed by atoms with Crippen molar-refractivity contribution in [2.75, 3.05) is 6.54 Å². The van der Waals surface area contributed by atoms with Crippen LogP contribution in [0.4, 0.5) is 0 Å². The van der Waals surface area contributed by atoms with Crippen LogP contribution in [0.2, 0.25) is 0 Å². The molecule has 3 nitrogen and oxygen atoms in total. The standard InChI is InChI=1S/C8H17N3/c1-3-7(4-2)8(11-10)5-6-9/h3,5,11H,4,6,9-10H2,1-2H3/b7-3+,8-5-. The highest BCUT2D eigenvalue weighted by atomic mass is 15.2. The number of hydrazine groups is 1. The maximum absolute atomic E-state index is 5.35. The third kappa shape index (κ3) is 3.20. The van der Waals surface area contributed by atoms with E-state index in [9.17, 15) is 0 Å². The zero-order chi connectivity index (χ0) is 8.69. The highest BCUT2D eigenvalue weighted by Crippen LogP contribution is 2.08. The van der Waals surface area contributed by atoms with Gasteiger partial charge in [0, 0.05) is 12.2 Å². The third-order valence-electron chi connectivity index (χ3n) is 1.55. The lowest BCUT2D eigenvalue weighted by atomic mass is 10.1. The summed E-state index contributed by atoms with van der Waals surface area (Å²) in [6.45, 7) is 4.58. The fourth-order valence-corrected chi connectivity index (χ4v) is 0.951. The molecule has 0 aliphatic carbocycles. The smallest absolute Gasteiger partial charge is 0.0486 e. The van der Waals surface area contributed by atoms with Gasteiger partial charge in [0.05, 0.1) is 0 Å². The molecular formula is C8H17N3. The lowest BCUT2D eigenvalue weighted by Gasteiger charge is -2.08. The maximum atomic E-state index is 5.35. The Bertz CT molecular complexity index is 159. The van der Waals surface area contributed by atoms with E-state index in [1.807, 2.05) is 19.1 Å². The van der Waals surface area contributed by atoms with Crippen molar-refractivity contribution in [3.05, 3.63) is 23.4 Å². The number of allylic oxidation sites excluding steroid dienone is 2. The molecule has 0 heterocycles. The number of hydrogen-bond donors (Lipinski definition) is 3. The molecule has 0 rings (SSSR count). The van der Waals surface area contributed by atoms with E-state index < -0.39 is 0 Å². The molecule has 64 valence electrons. The van der Waals surface area contributed by atoms with Crippen LogP contribution in [0.25, 0.3) is 0 Å². The van der Waals surface area contributed by atoms with Gasteiger partial charge in [-0.3, -0.25) is 5.84 Å². The van der Waals surface area contributed by atoms with Crippen molar-refractivity contribution in [3.63, 3.8) is 0 Å². The van der Waals surface area contributed by atoms with Crippen molar-refractivity contribution >= 4 is 0 Å². The molecule has 5 N–H and O–H groups in total. The fraction of sp³-hybridized carbons (Fsp3) is 0.500. The van der Waals surface area contributed by atoms with Gasteiger partial charge >= 0.3 is 0 Å². The maximum Gasteiger partial charge on any atom is 0.0486 e. The van der Waals surface area contributed by atoms with Crippen LogP contribution in [0.3, 0.4) is 0 Å². The molecule has 0 aromatic rings. The van der Waals surface area contributed by atoms with Crippen molar-refractivity contribution in [3.8, 4) is 0 Å². The van der Waals surface area contributed by atoms with E-state index in [4.69, 9.17) is 11.6 Å². The molecule has 0 saturated heterocycles. The highest BCUT2D eigenvalue weighted by Gasteiger charge is 1.97. The number of hydrogen-bond acceptors (Lipinski definition) is 3. The largest absolute Gasteiger partial charge is 0.327 e. The predicted molar refractivity (Wildman–Crippen MR) is 48.5 cm³/mol. The third-order valence-corrected chi connectivity index (χ3v) is 1.55. The van der Waals surface area contributed by atoms with E-state index in [0.29, 0.717) is 6.54 Å². The van der Waals surface area contributed by atoms with Gasteiger partial charge in [-0.1, -0.05) is 13.0 Å². The monoisotopic (exact) mass is 155 g/mol. The Labute approximate surface area is 68.1 Å². The van der Waals surface area contributed by atoms with Gasteiger partial charge in [0.1, 0.15) is 0 Å². The van der Waals surface area contributed by atoms with E-state index >= 15 is 0 Å². The molecule has 0 aromatic carbocycles. The van der Waals surface area contributed by atoms with E-state index in [0.717, 1.165) is 12.1 Å². The first kappa shape index (κ1) is 10.2.